The van der Waals surface area contributed by atoms with Gasteiger partial charge in [-0.1, -0.05) is 55.4 Å². The van der Waals surface area contributed by atoms with Gasteiger partial charge in [0.25, 0.3) is 0 Å². The summed E-state index contributed by atoms with van der Waals surface area (Å²) >= 11 is 0. The minimum Gasteiger partial charge on any atom is -0.380 e. The van der Waals surface area contributed by atoms with Crippen molar-refractivity contribution >= 4 is 0 Å². The van der Waals surface area contributed by atoms with Crippen LogP contribution in [0, 0.1) is 44.3 Å². The molecule has 0 spiro atoms. The van der Waals surface area contributed by atoms with E-state index in [-0.39, 0.29) is 46.1 Å². The van der Waals surface area contributed by atoms with Crippen LogP contribution in [0.1, 0.15) is 121 Å². The molecule has 6 fully saturated rings. The third kappa shape index (κ3) is 4.24. The quantitative estimate of drug-likeness (QED) is 0.238. The minimum atomic E-state index is -0.0285. The maximum atomic E-state index is 7.51. The van der Waals surface area contributed by atoms with Crippen LogP contribution >= 0.6 is 0 Å². The van der Waals surface area contributed by atoms with E-state index in [4.69, 9.17) is 23.7 Å². The molecular formula is C36H62O5. The van der Waals surface area contributed by atoms with Crippen LogP contribution in [0.4, 0.5) is 0 Å². The molecule has 5 nitrogen and oxygen atoms in total. The Morgan fingerprint density at radius 1 is 0.634 bits per heavy atom. The predicted molar refractivity (Wildman–Crippen MR) is 163 cm³/mol. The van der Waals surface area contributed by atoms with E-state index in [9.17, 15) is 0 Å². The number of hydrogen-bond donors (Lipinski definition) is 0. The molecule has 236 valence electrons. The molecule has 10 atom stereocenters. The summed E-state index contributed by atoms with van der Waals surface area (Å²) in [6.45, 7) is 27.1. The number of hydrogen-bond acceptors (Lipinski definition) is 5. The molecule has 6 rings (SSSR count). The Morgan fingerprint density at radius 3 is 1.22 bits per heavy atom. The fourth-order valence-electron chi connectivity index (χ4n) is 10.9. The normalized spacial score (nSPS) is 43.8. The summed E-state index contributed by atoms with van der Waals surface area (Å²) in [7, 11) is 0. The van der Waals surface area contributed by atoms with Crippen LogP contribution in [0.5, 0.6) is 0 Å². The van der Waals surface area contributed by atoms with E-state index < -0.39 is 0 Å². The van der Waals surface area contributed by atoms with Gasteiger partial charge >= 0.3 is 0 Å². The molecule has 41 heavy (non-hydrogen) atoms. The van der Waals surface area contributed by atoms with E-state index in [1.807, 2.05) is 0 Å². The summed E-state index contributed by atoms with van der Waals surface area (Å²) in [4.78, 5) is 0. The van der Waals surface area contributed by atoms with Crippen LogP contribution in [-0.4, -0.2) is 63.1 Å². The maximum Gasteiger partial charge on any atom is 0.0939 e. The van der Waals surface area contributed by atoms with Gasteiger partial charge < -0.3 is 23.7 Å². The fraction of sp³-hybridized carbons (Fsp3) is 1.00. The second kappa shape index (κ2) is 10.2. The van der Waals surface area contributed by atoms with Gasteiger partial charge in [0.2, 0.25) is 0 Å². The van der Waals surface area contributed by atoms with E-state index in [0.29, 0.717) is 23.0 Å². The molecular weight excluding hydrogens is 512 g/mol. The highest BCUT2D eigenvalue weighted by molar-refractivity contribution is 5.13. The Kier molecular flexibility index (Phi) is 7.63. The highest BCUT2D eigenvalue weighted by Crippen LogP contribution is 2.67. The van der Waals surface area contributed by atoms with E-state index in [2.05, 4.69) is 69.2 Å². The van der Waals surface area contributed by atoms with Crippen LogP contribution in [0.15, 0.2) is 0 Å². The summed E-state index contributed by atoms with van der Waals surface area (Å²) in [6, 6.07) is 0. The first kappa shape index (κ1) is 30.8. The molecule has 0 aromatic carbocycles. The molecule has 0 amide bonds. The van der Waals surface area contributed by atoms with Gasteiger partial charge in [-0.3, -0.25) is 0 Å². The lowest BCUT2D eigenvalue weighted by atomic mass is 9.69. The van der Waals surface area contributed by atoms with Gasteiger partial charge in [-0.15, -0.1) is 0 Å². The summed E-state index contributed by atoms with van der Waals surface area (Å²) < 4.78 is 33.7. The lowest BCUT2D eigenvalue weighted by Crippen LogP contribution is -2.63. The van der Waals surface area contributed by atoms with Crippen molar-refractivity contribution in [3.8, 4) is 0 Å². The summed E-state index contributed by atoms with van der Waals surface area (Å²) in [6.07, 6.45) is 10.2. The molecule has 2 aliphatic heterocycles. The minimum absolute atomic E-state index is 0.000584. The first-order chi connectivity index (χ1) is 19.2. The monoisotopic (exact) mass is 574 g/mol. The topological polar surface area (TPSA) is 46.2 Å². The highest BCUT2D eigenvalue weighted by Gasteiger charge is 2.64. The zero-order chi connectivity index (χ0) is 29.6. The smallest absolute Gasteiger partial charge is 0.0939 e. The molecule has 4 saturated carbocycles. The van der Waals surface area contributed by atoms with Gasteiger partial charge in [-0.05, 0) is 98.7 Å². The average Bonchev–Trinajstić information content (AvgIpc) is 3.38. The van der Waals surface area contributed by atoms with E-state index in [1.54, 1.807) is 0 Å². The molecule has 0 aromatic rings. The Bertz CT molecular complexity index is 880. The lowest BCUT2D eigenvalue weighted by molar-refractivity contribution is -0.297. The predicted octanol–water partition coefficient (Wildman–Crippen LogP) is 7.83. The molecule has 2 saturated heterocycles. The first-order valence-corrected chi connectivity index (χ1v) is 17.3. The molecule has 4 bridgehead atoms. The SMILES string of the molecule is CCC1(C(OC(C(C)OC2CC3CCC2(C)C3(C)C)C2(CC)COC2)C(C)OC2CC3CCC2(C)C3(C)C)COC1. The van der Waals surface area contributed by atoms with Gasteiger partial charge in [-0.2, -0.15) is 0 Å². The van der Waals surface area contributed by atoms with E-state index in [1.165, 1.54) is 38.5 Å². The second-order valence-corrected chi connectivity index (χ2v) is 17.3. The highest BCUT2D eigenvalue weighted by atomic mass is 16.6. The lowest BCUT2D eigenvalue weighted by Gasteiger charge is -2.55. The van der Waals surface area contributed by atoms with Crippen LogP contribution < -0.4 is 0 Å². The van der Waals surface area contributed by atoms with Crippen molar-refractivity contribution in [1.82, 2.24) is 0 Å². The number of ether oxygens (including phenoxy) is 5. The van der Waals surface area contributed by atoms with Crippen LogP contribution in [0.3, 0.4) is 0 Å². The van der Waals surface area contributed by atoms with E-state index in [0.717, 1.165) is 51.1 Å². The summed E-state index contributed by atoms with van der Waals surface area (Å²) in [5, 5.41) is 0. The van der Waals surface area contributed by atoms with Crippen LogP contribution in [0.2, 0.25) is 0 Å². The first-order valence-electron chi connectivity index (χ1n) is 17.3. The second-order valence-electron chi connectivity index (χ2n) is 17.3. The Balaban J connectivity index is 1.25. The third-order valence-corrected chi connectivity index (χ3v) is 15.5. The van der Waals surface area contributed by atoms with Crippen molar-refractivity contribution in [2.24, 2.45) is 44.3 Å². The fourth-order valence-corrected chi connectivity index (χ4v) is 10.9. The molecule has 2 heterocycles. The van der Waals surface area contributed by atoms with Crippen LogP contribution in [0.25, 0.3) is 0 Å². The molecule has 4 aliphatic carbocycles. The van der Waals surface area contributed by atoms with Gasteiger partial charge in [0.1, 0.15) is 0 Å². The molecule has 6 aliphatic rings. The van der Waals surface area contributed by atoms with Crippen molar-refractivity contribution in [1.29, 1.82) is 0 Å². The number of rotatable bonds is 12. The number of fused-ring (bicyclic) bond motifs is 4. The maximum absolute atomic E-state index is 7.51. The largest absolute Gasteiger partial charge is 0.380 e. The Labute approximate surface area is 251 Å². The average molecular weight is 575 g/mol. The Hall–Kier alpha value is -0.200. The Morgan fingerprint density at radius 2 is 1.00 bits per heavy atom. The van der Waals surface area contributed by atoms with Gasteiger partial charge in [0, 0.05) is 10.8 Å². The molecule has 0 aromatic heterocycles. The molecule has 0 N–H and O–H groups in total. The van der Waals surface area contributed by atoms with Crippen molar-refractivity contribution in [3.05, 3.63) is 0 Å². The zero-order valence-corrected chi connectivity index (χ0v) is 28.1. The standard InChI is InChI=1S/C36H62O5/c1-11-35(19-37-20-35)29(23(3)39-27-17-25-13-15-33(27,9)31(25,5)6)41-30(36(12-2)21-38-22-36)24(4)40-28-18-26-14-16-34(28,10)32(26,7)8/h23-30H,11-22H2,1-10H3. The van der Waals surface area contributed by atoms with Crippen molar-refractivity contribution in [2.45, 2.75) is 157 Å². The van der Waals surface area contributed by atoms with Crippen molar-refractivity contribution in [2.75, 3.05) is 26.4 Å². The third-order valence-electron chi connectivity index (χ3n) is 15.5. The molecule has 10 unspecified atom stereocenters. The van der Waals surface area contributed by atoms with Gasteiger partial charge in [0.15, 0.2) is 0 Å². The molecule has 5 heteroatoms. The van der Waals surface area contributed by atoms with Gasteiger partial charge in [-0.25, -0.2) is 0 Å². The van der Waals surface area contributed by atoms with E-state index >= 15 is 0 Å². The van der Waals surface area contributed by atoms with Gasteiger partial charge in [0.05, 0.1) is 63.1 Å². The molecule has 0 radical (unpaired) electrons. The summed E-state index contributed by atoms with van der Waals surface area (Å²) in [5.74, 6) is 1.53. The summed E-state index contributed by atoms with van der Waals surface area (Å²) in [5.41, 5.74) is 1.12. The zero-order valence-electron chi connectivity index (χ0n) is 28.1. The van der Waals surface area contributed by atoms with Crippen molar-refractivity contribution in [3.63, 3.8) is 0 Å². The van der Waals surface area contributed by atoms with Crippen molar-refractivity contribution < 1.29 is 23.7 Å². The van der Waals surface area contributed by atoms with Crippen LogP contribution in [-0.2, 0) is 23.7 Å².